The zero-order valence-corrected chi connectivity index (χ0v) is 17.5. The molecule has 4 heteroatoms. The maximum Gasteiger partial charge on any atom is 0.165 e. The van der Waals surface area contributed by atoms with E-state index in [1.807, 2.05) is 18.2 Å². The number of methoxy groups -OCH3 is 1. The highest BCUT2D eigenvalue weighted by atomic mass is 19.1. The van der Waals surface area contributed by atoms with Crippen LogP contribution in [-0.2, 0) is 6.42 Å². The third-order valence-electron chi connectivity index (χ3n) is 5.58. The Balaban J connectivity index is 1.70. The van der Waals surface area contributed by atoms with Crippen LogP contribution in [0.15, 0.2) is 66.7 Å². The number of benzene rings is 4. The highest BCUT2D eigenvalue weighted by Crippen LogP contribution is 2.33. The minimum atomic E-state index is -0.567. The van der Waals surface area contributed by atoms with Crippen molar-refractivity contribution in [3.63, 3.8) is 0 Å². The SMILES string of the molecule is CCCCc1ccc2c(F)c(-c3ccc(-c4ccc(OC)c(F)c4)c(F)c3)ccc2c1. The van der Waals surface area contributed by atoms with Crippen molar-refractivity contribution >= 4 is 10.8 Å². The lowest BCUT2D eigenvalue weighted by molar-refractivity contribution is 0.386. The smallest absolute Gasteiger partial charge is 0.165 e. The Morgan fingerprint density at radius 3 is 2.16 bits per heavy atom. The number of halogens is 3. The molecule has 0 unspecified atom stereocenters. The van der Waals surface area contributed by atoms with Crippen molar-refractivity contribution in [3.05, 3.63) is 89.7 Å². The molecule has 4 aromatic carbocycles. The third-order valence-corrected chi connectivity index (χ3v) is 5.58. The summed E-state index contributed by atoms with van der Waals surface area (Å²) in [6.45, 7) is 2.14. The maximum atomic E-state index is 15.2. The van der Waals surface area contributed by atoms with Crippen LogP contribution in [0.25, 0.3) is 33.0 Å². The molecule has 0 bridgehead atoms. The summed E-state index contributed by atoms with van der Waals surface area (Å²) in [4.78, 5) is 0. The lowest BCUT2D eigenvalue weighted by Gasteiger charge is -2.11. The molecule has 4 aromatic rings. The second-order valence-corrected chi connectivity index (χ2v) is 7.63. The van der Waals surface area contributed by atoms with Gasteiger partial charge in [0.05, 0.1) is 7.11 Å². The molecule has 0 radical (unpaired) electrons. The number of hydrogen-bond acceptors (Lipinski definition) is 1. The van der Waals surface area contributed by atoms with Gasteiger partial charge in [0.2, 0.25) is 0 Å². The van der Waals surface area contributed by atoms with Gasteiger partial charge in [-0.05, 0) is 53.1 Å². The molecule has 0 saturated heterocycles. The molecular formula is C27H23F3O. The second-order valence-electron chi connectivity index (χ2n) is 7.63. The van der Waals surface area contributed by atoms with E-state index in [4.69, 9.17) is 4.74 Å². The minimum Gasteiger partial charge on any atom is -0.494 e. The van der Waals surface area contributed by atoms with Crippen molar-refractivity contribution in [2.24, 2.45) is 0 Å². The predicted octanol–water partition coefficient (Wildman–Crippen LogP) is 7.94. The third kappa shape index (κ3) is 4.15. The van der Waals surface area contributed by atoms with E-state index < -0.39 is 11.6 Å². The van der Waals surface area contributed by atoms with Gasteiger partial charge in [-0.2, -0.15) is 0 Å². The first-order chi connectivity index (χ1) is 15.0. The van der Waals surface area contributed by atoms with Gasteiger partial charge in [-0.25, -0.2) is 13.2 Å². The van der Waals surface area contributed by atoms with E-state index >= 15 is 4.39 Å². The van der Waals surface area contributed by atoms with Crippen LogP contribution in [0.5, 0.6) is 5.75 Å². The molecule has 0 amide bonds. The van der Waals surface area contributed by atoms with Crippen molar-refractivity contribution in [1.82, 2.24) is 0 Å². The summed E-state index contributed by atoms with van der Waals surface area (Å²) in [6.07, 6.45) is 3.17. The molecule has 4 rings (SSSR count). The van der Waals surface area contributed by atoms with Crippen LogP contribution in [0.4, 0.5) is 13.2 Å². The number of unbranched alkanes of at least 4 members (excludes halogenated alkanes) is 1. The largest absolute Gasteiger partial charge is 0.494 e. The van der Waals surface area contributed by atoms with Crippen molar-refractivity contribution in [3.8, 4) is 28.0 Å². The molecule has 0 N–H and O–H groups in total. The molecular weight excluding hydrogens is 397 g/mol. The maximum absolute atomic E-state index is 15.2. The molecule has 0 saturated carbocycles. The van der Waals surface area contributed by atoms with Gasteiger partial charge < -0.3 is 4.74 Å². The number of rotatable bonds is 6. The van der Waals surface area contributed by atoms with Gasteiger partial charge in [0.1, 0.15) is 11.6 Å². The topological polar surface area (TPSA) is 9.23 Å². The summed E-state index contributed by atoms with van der Waals surface area (Å²) in [5.41, 5.74) is 2.58. The zero-order chi connectivity index (χ0) is 22.0. The van der Waals surface area contributed by atoms with Crippen LogP contribution in [-0.4, -0.2) is 7.11 Å². The quantitative estimate of drug-likeness (QED) is 0.308. The van der Waals surface area contributed by atoms with Crippen molar-refractivity contribution in [1.29, 1.82) is 0 Å². The zero-order valence-electron chi connectivity index (χ0n) is 17.5. The molecule has 0 aliphatic carbocycles. The Kier molecular flexibility index (Phi) is 5.99. The fourth-order valence-corrected chi connectivity index (χ4v) is 3.85. The Bertz CT molecular complexity index is 1250. The first kappa shape index (κ1) is 21.0. The van der Waals surface area contributed by atoms with E-state index in [-0.39, 0.29) is 17.1 Å². The average Bonchev–Trinajstić information content (AvgIpc) is 2.77. The Hall–Kier alpha value is -3.27. The van der Waals surface area contributed by atoms with Gasteiger partial charge in [-0.3, -0.25) is 0 Å². The van der Waals surface area contributed by atoms with Crippen molar-refractivity contribution < 1.29 is 17.9 Å². The fraction of sp³-hybridized carbons (Fsp3) is 0.185. The van der Waals surface area contributed by atoms with Gasteiger partial charge in [0.25, 0.3) is 0 Å². The standard InChI is InChI=1S/C27H23F3O/c1-3-4-5-17-6-10-22-18(14-17)8-12-23(27(22)30)20-7-11-21(24(28)15-20)19-9-13-26(31-2)25(29)16-19/h6-16H,3-5H2,1-2H3. The number of ether oxygens (including phenoxy) is 1. The average molecular weight is 420 g/mol. The molecule has 0 aliphatic rings. The Labute approximate surface area is 180 Å². The van der Waals surface area contributed by atoms with Gasteiger partial charge in [0, 0.05) is 16.5 Å². The van der Waals surface area contributed by atoms with Gasteiger partial charge in [-0.1, -0.05) is 61.9 Å². The Morgan fingerprint density at radius 1 is 0.742 bits per heavy atom. The van der Waals surface area contributed by atoms with E-state index in [0.717, 1.165) is 24.6 Å². The number of fused-ring (bicyclic) bond motifs is 1. The summed E-state index contributed by atoms with van der Waals surface area (Å²) in [5.74, 6) is -1.39. The van der Waals surface area contributed by atoms with E-state index in [1.54, 1.807) is 30.3 Å². The summed E-state index contributed by atoms with van der Waals surface area (Å²) in [6, 6.07) is 18.1. The number of aryl methyl sites for hydroxylation is 1. The van der Waals surface area contributed by atoms with E-state index in [1.165, 1.54) is 30.9 Å². The summed E-state index contributed by atoms with van der Waals surface area (Å²) >= 11 is 0. The van der Waals surface area contributed by atoms with Crippen LogP contribution in [0, 0.1) is 17.5 Å². The van der Waals surface area contributed by atoms with Crippen molar-refractivity contribution in [2.45, 2.75) is 26.2 Å². The molecule has 31 heavy (non-hydrogen) atoms. The van der Waals surface area contributed by atoms with Crippen LogP contribution in [0.1, 0.15) is 25.3 Å². The molecule has 0 heterocycles. The lowest BCUT2D eigenvalue weighted by atomic mass is 9.96. The monoisotopic (exact) mass is 420 g/mol. The molecule has 158 valence electrons. The van der Waals surface area contributed by atoms with Crippen LogP contribution < -0.4 is 4.74 Å². The van der Waals surface area contributed by atoms with Crippen LogP contribution >= 0.6 is 0 Å². The highest BCUT2D eigenvalue weighted by Gasteiger charge is 2.14. The van der Waals surface area contributed by atoms with E-state index in [0.29, 0.717) is 22.1 Å². The molecule has 0 aromatic heterocycles. The highest BCUT2D eigenvalue weighted by molar-refractivity contribution is 5.89. The van der Waals surface area contributed by atoms with Gasteiger partial charge in [-0.15, -0.1) is 0 Å². The van der Waals surface area contributed by atoms with Crippen LogP contribution in [0.3, 0.4) is 0 Å². The van der Waals surface area contributed by atoms with E-state index in [9.17, 15) is 8.78 Å². The summed E-state index contributed by atoms with van der Waals surface area (Å²) < 4.78 is 49.0. The van der Waals surface area contributed by atoms with Crippen molar-refractivity contribution in [2.75, 3.05) is 7.11 Å². The predicted molar refractivity (Wildman–Crippen MR) is 120 cm³/mol. The molecule has 1 nitrogen and oxygen atoms in total. The number of hydrogen-bond donors (Lipinski definition) is 0. The fourth-order valence-electron chi connectivity index (χ4n) is 3.85. The van der Waals surface area contributed by atoms with Crippen LogP contribution in [0.2, 0.25) is 0 Å². The molecule has 0 fully saturated rings. The molecule has 0 spiro atoms. The normalized spacial score (nSPS) is 11.1. The summed E-state index contributed by atoms with van der Waals surface area (Å²) in [7, 11) is 1.37. The summed E-state index contributed by atoms with van der Waals surface area (Å²) in [5, 5.41) is 1.35. The van der Waals surface area contributed by atoms with Gasteiger partial charge in [0.15, 0.2) is 11.6 Å². The Morgan fingerprint density at radius 2 is 1.45 bits per heavy atom. The van der Waals surface area contributed by atoms with E-state index in [2.05, 4.69) is 6.92 Å². The first-order valence-electron chi connectivity index (χ1n) is 10.4. The minimum absolute atomic E-state index is 0.0943. The first-order valence-corrected chi connectivity index (χ1v) is 10.4. The molecule has 0 atom stereocenters. The second kappa shape index (κ2) is 8.84. The lowest BCUT2D eigenvalue weighted by Crippen LogP contribution is -1.93. The molecule has 0 aliphatic heterocycles. The van der Waals surface area contributed by atoms with Gasteiger partial charge >= 0.3 is 0 Å².